The lowest BCUT2D eigenvalue weighted by atomic mass is 9.91. The van der Waals surface area contributed by atoms with Crippen molar-refractivity contribution in [2.45, 2.75) is 44.7 Å². The second kappa shape index (κ2) is 7.03. The first-order valence-electron chi connectivity index (χ1n) is 7.67. The Morgan fingerprint density at radius 3 is 3.00 bits per heavy atom. The number of carboxylic acids is 1. The molecule has 2 aromatic heterocycles. The largest absolute Gasteiger partial charge is 0.481 e. The topological polar surface area (TPSA) is 62.2 Å². The number of nitrogens with zero attached hydrogens (tertiary/aromatic N) is 1. The summed E-state index contributed by atoms with van der Waals surface area (Å²) in [5, 5.41) is 16.5. The van der Waals surface area contributed by atoms with Crippen molar-refractivity contribution in [3.8, 4) is 0 Å². The van der Waals surface area contributed by atoms with Gasteiger partial charge in [-0.15, -0.1) is 0 Å². The number of carbonyl (C=O) groups is 1. The number of rotatable bonds is 6. The highest BCUT2D eigenvalue weighted by molar-refractivity contribution is 7.07. The van der Waals surface area contributed by atoms with E-state index in [4.69, 9.17) is 5.11 Å². The van der Waals surface area contributed by atoms with Gasteiger partial charge in [-0.2, -0.15) is 11.3 Å². The Balaban J connectivity index is 1.74. The number of thiophene rings is 1. The summed E-state index contributed by atoms with van der Waals surface area (Å²) >= 11 is 1.59. The molecule has 2 aromatic rings. The molecule has 0 saturated heterocycles. The van der Waals surface area contributed by atoms with Crippen LogP contribution in [0.4, 0.5) is 0 Å². The molecule has 0 saturated carbocycles. The number of aliphatic carboxylic acids is 1. The molecule has 1 aliphatic carbocycles. The Hall–Kier alpha value is -1.72. The molecular formula is C17H20N2O2S. The van der Waals surface area contributed by atoms with E-state index in [2.05, 4.69) is 16.4 Å². The van der Waals surface area contributed by atoms with E-state index in [1.807, 2.05) is 23.0 Å². The smallest absolute Gasteiger partial charge is 0.305 e. The van der Waals surface area contributed by atoms with Gasteiger partial charge in [-0.1, -0.05) is 0 Å². The maximum absolute atomic E-state index is 11.1. The highest BCUT2D eigenvalue weighted by Crippen LogP contribution is 2.24. The van der Waals surface area contributed by atoms with Gasteiger partial charge in [0.05, 0.1) is 12.1 Å². The molecule has 0 aromatic carbocycles. The van der Waals surface area contributed by atoms with E-state index >= 15 is 0 Å². The summed E-state index contributed by atoms with van der Waals surface area (Å²) in [6.07, 6.45) is 6.65. The lowest BCUT2D eigenvalue weighted by molar-refractivity contribution is -0.137. The van der Waals surface area contributed by atoms with Crippen LogP contribution >= 0.6 is 11.3 Å². The van der Waals surface area contributed by atoms with Gasteiger partial charge >= 0.3 is 5.97 Å². The first-order chi connectivity index (χ1) is 10.7. The number of pyridine rings is 1. The molecule has 0 amide bonds. The molecule has 0 radical (unpaired) electrons. The molecule has 5 heteroatoms. The third-order valence-electron chi connectivity index (χ3n) is 4.21. The lowest BCUT2D eigenvalue weighted by Gasteiger charge is -2.21. The minimum atomic E-state index is -0.785. The normalized spacial score (nSPS) is 15.3. The zero-order valence-electron chi connectivity index (χ0n) is 12.4. The molecule has 0 spiro atoms. The highest BCUT2D eigenvalue weighted by Gasteiger charge is 2.18. The van der Waals surface area contributed by atoms with E-state index in [0.29, 0.717) is 6.54 Å². The SMILES string of the molecule is O=C(O)CC(NCc1nccc2c1CCCC2)c1ccsc1. The van der Waals surface area contributed by atoms with Crippen LogP contribution in [0.1, 0.15) is 47.7 Å². The van der Waals surface area contributed by atoms with Crippen LogP contribution in [0.15, 0.2) is 29.1 Å². The fraction of sp³-hybridized carbons (Fsp3) is 0.412. The van der Waals surface area contributed by atoms with Crippen LogP contribution in [0.2, 0.25) is 0 Å². The van der Waals surface area contributed by atoms with Crippen molar-refractivity contribution in [2.75, 3.05) is 0 Å². The monoisotopic (exact) mass is 316 g/mol. The van der Waals surface area contributed by atoms with E-state index in [-0.39, 0.29) is 12.5 Å². The molecule has 1 unspecified atom stereocenters. The lowest BCUT2D eigenvalue weighted by Crippen LogP contribution is -2.25. The van der Waals surface area contributed by atoms with Crippen LogP contribution in [0, 0.1) is 0 Å². The average Bonchev–Trinajstić information content (AvgIpc) is 3.05. The standard InChI is InChI=1S/C17H20N2O2S/c20-17(21)9-15(13-6-8-22-11-13)19-10-16-14-4-2-1-3-12(14)5-7-18-16/h5-8,11,15,19H,1-4,9-10H2,(H,20,21). The summed E-state index contributed by atoms with van der Waals surface area (Å²) in [6.45, 7) is 0.622. The summed E-state index contributed by atoms with van der Waals surface area (Å²) in [5.41, 5.74) is 4.88. The van der Waals surface area contributed by atoms with Crippen LogP contribution in [0.25, 0.3) is 0 Å². The second-order valence-corrected chi connectivity index (χ2v) is 6.47. The Labute approximate surface area is 134 Å². The molecule has 1 atom stereocenters. The van der Waals surface area contributed by atoms with Crippen LogP contribution in [0.3, 0.4) is 0 Å². The van der Waals surface area contributed by atoms with Crippen molar-refractivity contribution < 1.29 is 9.90 Å². The highest BCUT2D eigenvalue weighted by atomic mass is 32.1. The predicted molar refractivity (Wildman–Crippen MR) is 87.0 cm³/mol. The van der Waals surface area contributed by atoms with Gasteiger partial charge in [0, 0.05) is 18.8 Å². The Kier molecular flexibility index (Phi) is 4.85. The molecule has 2 heterocycles. The van der Waals surface area contributed by atoms with Crippen molar-refractivity contribution in [2.24, 2.45) is 0 Å². The van der Waals surface area contributed by atoms with Crippen molar-refractivity contribution in [3.05, 3.63) is 51.5 Å². The first-order valence-corrected chi connectivity index (χ1v) is 8.61. The Morgan fingerprint density at radius 1 is 1.36 bits per heavy atom. The average molecular weight is 316 g/mol. The molecular weight excluding hydrogens is 296 g/mol. The summed E-state index contributed by atoms with van der Waals surface area (Å²) in [6, 6.07) is 3.94. The van der Waals surface area contributed by atoms with E-state index in [1.54, 1.807) is 11.3 Å². The quantitative estimate of drug-likeness (QED) is 0.858. The van der Waals surface area contributed by atoms with Crippen molar-refractivity contribution in [1.82, 2.24) is 10.3 Å². The molecule has 1 aliphatic rings. The maximum atomic E-state index is 11.1. The molecule has 3 rings (SSSR count). The molecule has 0 bridgehead atoms. The van der Waals surface area contributed by atoms with Crippen LogP contribution < -0.4 is 5.32 Å². The fourth-order valence-electron chi connectivity index (χ4n) is 3.07. The number of hydrogen-bond donors (Lipinski definition) is 2. The molecule has 22 heavy (non-hydrogen) atoms. The minimum absolute atomic E-state index is 0.0890. The Morgan fingerprint density at radius 2 is 2.23 bits per heavy atom. The van der Waals surface area contributed by atoms with Gasteiger partial charge in [-0.3, -0.25) is 9.78 Å². The number of aromatic nitrogens is 1. The first kappa shape index (κ1) is 15.2. The number of fused-ring (bicyclic) bond motifs is 1. The third kappa shape index (κ3) is 3.54. The molecule has 0 aliphatic heterocycles. The summed E-state index contributed by atoms with van der Waals surface area (Å²) in [7, 11) is 0. The second-order valence-electron chi connectivity index (χ2n) is 5.69. The summed E-state index contributed by atoms with van der Waals surface area (Å²) < 4.78 is 0. The maximum Gasteiger partial charge on any atom is 0.305 e. The molecule has 0 fully saturated rings. The zero-order valence-corrected chi connectivity index (χ0v) is 13.2. The van der Waals surface area contributed by atoms with Gasteiger partial charge < -0.3 is 10.4 Å². The number of aryl methyl sites for hydroxylation is 1. The van der Waals surface area contributed by atoms with Crippen molar-refractivity contribution in [1.29, 1.82) is 0 Å². The fourth-order valence-corrected chi connectivity index (χ4v) is 3.78. The number of carboxylic acid groups (broad SMARTS) is 1. The predicted octanol–water partition coefficient (Wildman–Crippen LogP) is 3.33. The van der Waals surface area contributed by atoms with E-state index in [1.165, 1.54) is 24.0 Å². The van der Waals surface area contributed by atoms with Gasteiger partial charge in [-0.05, 0) is 65.3 Å². The van der Waals surface area contributed by atoms with Gasteiger partial charge in [0.15, 0.2) is 0 Å². The van der Waals surface area contributed by atoms with E-state index in [0.717, 1.165) is 24.1 Å². The molecule has 116 valence electrons. The van der Waals surface area contributed by atoms with Crippen molar-refractivity contribution >= 4 is 17.3 Å². The van der Waals surface area contributed by atoms with Gasteiger partial charge in [0.2, 0.25) is 0 Å². The summed E-state index contributed by atoms with van der Waals surface area (Å²) in [5.74, 6) is -0.785. The van der Waals surface area contributed by atoms with Crippen molar-refractivity contribution in [3.63, 3.8) is 0 Å². The molecule has 2 N–H and O–H groups in total. The van der Waals surface area contributed by atoms with E-state index < -0.39 is 5.97 Å². The number of hydrogen-bond acceptors (Lipinski definition) is 4. The van der Waals surface area contributed by atoms with Gasteiger partial charge in [-0.25, -0.2) is 0 Å². The Bertz CT molecular complexity index is 640. The van der Waals surface area contributed by atoms with Crippen LogP contribution in [0.5, 0.6) is 0 Å². The van der Waals surface area contributed by atoms with Crippen LogP contribution in [-0.2, 0) is 24.2 Å². The van der Waals surface area contributed by atoms with Gasteiger partial charge in [0.25, 0.3) is 0 Å². The number of nitrogens with one attached hydrogen (secondary N) is 1. The van der Waals surface area contributed by atoms with Gasteiger partial charge in [0.1, 0.15) is 0 Å². The summed E-state index contributed by atoms with van der Waals surface area (Å²) in [4.78, 5) is 15.6. The minimum Gasteiger partial charge on any atom is -0.481 e. The third-order valence-corrected chi connectivity index (χ3v) is 4.91. The van der Waals surface area contributed by atoms with Crippen LogP contribution in [-0.4, -0.2) is 16.1 Å². The molecule has 4 nitrogen and oxygen atoms in total. The zero-order chi connectivity index (χ0) is 15.4. The van der Waals surface area contributed by atoms with E-state index in [9.17, 15) is 4.79 Å².